The standard InChI is InChI=1S/C16H22N2O3/c1-11(16(20)21)13-9-18(10-13)15(19)14-6-4-3-5-12(14)7-8-17-2/h3-6,11,13,17H,7-10H2,1-2H3,(H,20,21). The normalized spacial score (nSPS) is 16.4. The summed E-state index contributed by atoms with van der Waals surface area (Å²) in [6, 6.07) is 7.63. The third kappa shape index (κ3) is 3.42. The first kappa shape index (κ1) is 15.5. The number of carboxylic acids is 1. The molecule has 114 valence electrons. The van der Waals surface area contributed by atoms with Gasteiger partial charge in [0.25, 0.3) is 5.91 Å². The summed E-state index contributed by atoms with van der Waals surface area (Å²) >= 11 is 0. The summed E-state index contributed by atoms with van der Waals surface area (Å²) in [7, 11) is 1.89. The van der Waals surface area contributed by atoms with Crippen LogP contribution in [0.3, 0.4) is 0 Å². The number of likely N-dealkylation sites (N-methyl/N-ethyl adjacent to an activating group) is 1. The van der Waals surface area contributed by atoms with Crippen molar-refractivity contribution in [1.82, 2.24) is 10.2 Å². The number of likely N-dealkylation sites (tertiary alicyclic amines) is 1. The van der Waals surface area contributed by atoms with E-state index in [0.29, 0.717) is 13.1 Å². The SMILES string of the molecule is CNCCc1ccccc1C(=O)N1CC(C(C)C(=O)O)C1. The lowest BCUT2D eigenvalue weighted by atomic mass is 9.86. The molecule has 0 aromatic heterocycles. The summed E-state index contributed by atoms with van der Waals surface area (Å²) in [6.45, 7) is 3.60. The first-order valence-corrected chi connectivity index (χ1v) is 7.29. The molecule has 1 aromatic rings. The number of carbonyl (C=O) groups excluding carboxylic acids is 1. The summed E-state index contributed by atoms with van der Waals surface area (Å²) in [6.07, 6.45) is 0.807. The van der Waals surface area contributed by atoms with Crippen LogP contribution in [0, 0.1) is 11.8 Å². The number of nitrogens with one attached hydrogen (secondary N) is 1. The van der Waals surface area contributed by atoms with E-state index < -0.39 is 11.9 Å². The van der Waals surface area contributed by atoms with E-state index in [1.807, 2.05) is 31.3 Å². The Balaban J connectivity index is 2.01. The van der Waals surface area contributed by atoms with Gasteiger partial charge in [0.15, 0.2) is 0 Å². The number of amides is 1. The minimum Gasteiger partial charge on any atom is -0.481 e. The molecule has 5 heteroatoms. The highest BCUT2D eigenvalue weighted by atomic mass is 16.4. The molecular weight excluding hydrogens is 268 g/mol. The van der Waals surface area contributed by atoms with E-state index in [1.165, 1.54) is 0 Å². The zero-order chi connectivity index (χ0) is 15.4. The van der Waals surface area contributed by atoms with Gasteiger partial charge in [-0.05, 0) is 31.6 Å². The predicted octanol–water partition coefficient (Wildman–Crippen LogP) is 1.24. The van der Waals surface area contributed by atoms with E-state index in [0.717, 1.165) is 24.1 Å². The van der Waals surface area contributed by atoms with Gasteiger partial charge >= 0.3 is 5.97 Å². The van der Waals surface area contributed by atoms with Crippen molar-refractivity contribution in [3.63, 3.8) is 0 Å². The molecule has 2 rings (SSSR count). The molecular formula is C16H22N2O3. The average Bonchev–Trinajstić information content (AvgIpc) is 2.43. The number of carbonyl (C=O) groups is 2. The van der Waals surface area contributed by atoms with Gasteiger partial charge in [-0.25, -0.2) is 0 Å². The highest BCUT2D eigenvalue weighted by Crippen LogP contribution is 2.26. The van der Waals surface area contributed by atoms with Crippen LogP contribution in [-0.2, 0) is 11.2 Å². The third-order valence-corrected chi connectivity index (χ3v) is 4.19. The van der Waals surface area contributed by atoms with Crippen LogP contribution in [0.4, 0.5) is 0 Å². The molecule has 1 fully saturated rings. The molecule has 0 bridgehead atoms. The Morgan fingerprint density at radius 3 is 2.67 bits per heavy atom. The molecule has 2 N–H and O–H groups in total. The largest absolute Gasteiger partial charge is 0.481 e. The molecule has 5 nitrogen and oxygen atoms in total. The highest BCUT2D eigenvalue weighted by molar-refractivity contribution is 5.96. The Morgan fingerprint density at radius 2 is 2.05 bits per heavy atom. The lowest BCUT2D eigenvalue weighted by Crippen LogP contribution is -2.53. The maximum Gasteiger partial charge on any atom is 0.306 e. The zero-order valence-corrected chi connectivity index (χ0v) is 12.5. The maximum absolute atomic E-state index is 12.5. The fraction of sp³-hybridized carbons (Fsp3) is 0.500. The highest BCUT2D eigenvalue weighted by Gasteiger charge is 2.37. The summed E-state index contributed by atoms with van der Waals surface area (Å²) in [5.41, 5.74) is 1.76. The maximum atomic E-state index is 12.5. The Kier molecular flexibility index (Phi) is 4.96. The molecule has 0 spiro atoms. The minimum atomic E-state index is -0.790. The van der Waals surface area contributed by atoms with Crippen molar-refractivity contribution in [3.05, 3.63) is 35.4 Å². The van der Waals surface area contributed by atoms with E-state index in [-0.39, 0.29) is 11.8 Å². The van der Waals surface area contributed by atoms with Gasteiger partial charge in [0.05, 0.1) is 5.92 Å². The van der Waals surface area contributed by atoms with E-state index in [9.17, 15) is 9.59 Å². The Bertz CT molecular complexity index is 524. The van der Waals surface area contributed by atoms with Crippen LogP contribution in [-0.4, -0.2) is 48.6 Å². The van der Waals surface area contributed by atoms with E-state index in [4.69, 9.17) is 5.11 Å². The van der Waals surface area contributed by atoms with Gasteiger partial charge in [0, 0.05) is 24.6 Å². The van der Waals surface area contributed by atoms with Gasteiger partial charge in [-0.3, -0.25) is 9.59 Å². The average molecular weight is 290 g/mol. The lowest BCUT2D eigenvalue weighted by molar-refractivity contribution is -0.144. The fourth-order valence-electron chi connectivity index (χ4n) is 2.57. The van der Waals surface area contributed by atoms with Gasteiger partial charge in [0.2, 0.25) is 0 Å². The first-order chi connectivity index (χ1) is 10.0. The molecule has 1 amide bonds. The van der Waals surface area contributed by atoms with Crippen molar-refractivity contribution in [1.29, 1.82) is 0 Å². The number of hydrogen-bond acceptors (Lipinski definition) is 3. The van der Waals surface area contributed by atoms with Crippen molar-refractivity contribution in [2.75, 3.05) is 26.7 Å². The quantitative estimate of drug-likeness (QED) is 0.827. The van der Waals surface area contributed by atoms with E-state index in [2.05, 4.69) is 5.32 Å². The number of rotatable bonds is 6. The van der Waals surface area contributed by atoms with E-state index in [1.54, 1.807) is 11.8 Å². The van der Waals surface area contributed by atoms with Crippen LogP contribution >= 0.6 is 0 Å². The Morgan fingerprint density at radius 1 is 1.38 bits per heavy atom. The minimum absolute atomic E-state index is 0.00976. The number of hydrogen-bond donors (Lipinski definition) is 2. The van der Waals surface area contributed by atoms with E-state index >= 15 is 0 Å². The van der Waals surface area contributed by atoms with Gasteiger partial charge in [-0.15, -0.1) is 0 Å². The van der Waals surface area contributed by atoms with Crippen LogP contribution in [0.1, 0.15) is 22.8 Å². The van der Waals surface area contributed by atoms with Gasteiger partial charge in [-0.1, -0.05) is 25.1 Å². The second-order valence-electron chi connectivity index (χ2n) is 5.61. The smallest absolute Gasteiger partial charge is 0.306 e. The summed E-state index contributed by atoms with van der Waals surface area (Å²) in [5, 5.41) is 12.1. The first-order valence-electron chi connectivity index (χ1n) is 7.29. The summed E-state index contributed by atoms with van der Waals surface area (Å²) in [5.74, 6) is -1.11. The predicted molar refractivity (Wildman–Crippen MR) is 80.3 cm³/mol. The molecule has 0 aliphatic carbocycles. The summed E-state index contributed by atoms with van der Waals surface area (Å²) in [4.78, 5) is 25.2. The molecule has 1 aliphatic rings. The molecule has 0 saturated carbocycles. The molecule has 1 atom stereocenters. The van der Waals surface area contributed by atoms with Crippen molar-refractivity contribution in [2.24, 2.45) is 11.8 Å². The number of benzene rings is 1. The van der Waals surface area contributed by atoms with Crippen molar-refractivity contribution in [3.8, 4) is 0 Å². The second-order valence-corrected chi connectivity index (χ2v) is 5.61. The van der Waals surface area contributed by atoms with Gasteiger partial charge in [-0.2, -0.15) is 0 Å². The monoisotopic (exact) mass is 290 g/mol. The number of carboxylic acid groups (broad SMARTS) is 1. The zero-order valence-electron chi connectivity index (χ0n) is 12.5. The van der Waals surface area contributed by atoms with Crippen LogP contribution in [0.2, 0.25) is 0 Å². The molecule has 1 aliphatic heterocycles. The number of aliphatic carboxylic acids is 1. The van der Waals surface area contributed by atoms with Gasteiger partial charge < -0.3 is 15.3 Å². The van der Waals surface area contributed by atoms with Crippen molar-refractivity contribution >= 4 is 11.9 Å². The van der Waals surface area contributed by atoms with Crippen molar-refractivity contribution in [2.45, 2.75) is 13.3 Å². The summed E-state index contributed by atoms with van der Waals surface area (Å²) < 4.78 is 0. The van der Waals surface area contributed by atoms with Crippen LogP contribution < -0.4 is 5.32 Å². The number of nitrogens with zero attached hydrogens (tertiary/aromatic N) is 1. The molecule has 1 aromatic carbocycles. The van der Waals surface area contributed by atoms with Crippen LogP contribution in [0.15, 0.2) is 24.3 Å². The molecule has 1 heterocycles. The Hall–Kier alpha value is -1.88. The van der Waals surface area contributed by atoms with Crippen LogP contribution in [0.5, 0.6) is 0 Å². The molecule has 1 unspecified atom stereocenters. The fourth-order valence-corrected chi connectivity index (χ4v) is 2.57. The second kappa shape index (κ2) is 6.72. The molecule has 1 saturated heterocycles. The van der Waals surface area contributed by atoms with Gasteiger partial charge in [0.1, 0.15) is 0 Å². The molecule has 21 heavy (non-hydrogen) atoms. The van der Waals surface area contributed by atoms with Crippen LogP contribution in [0.25, 0.3) is 0 Å². The van der Waals surface area contributed by atoms with Crippen molar-refractivity contribution < 1.29 is 14.7 Å². The third-order valence-electron chi connectivity index (χ3n) is 4.19. The topological polar surface area (TPSA) is 69.6 Å². The lowest BCUT2D eigenvalue weighted by Gasteiger charge is -2.41. The Labute approximate surface area is 125 Å². The molecule has 0 radical (unpaired) electrons.